The lowest BCUT2D eigenvalue weighted by Crippen LogP contribution is -2.36. The molecule has 1 aliphatic heterocycles. The van der Waals surface area contributed by atoms with Crippen LogP contribution in [-0.2, 0) is 17.8 Å². The molecule has 0 aliphatic carbocycles. The minimum atomic E-state index is -0.230. The van der Waals surface area contributed by atoms with Crippen molar-refractivity contribution in [2.75, 3.05) is 32.7 Å². The molecule has 1 aliphatic rings. The summed E-state index contributed by atoms with van der Waals surface area (Å²) in [6.45, 7) is 8.95. The van der Waals surface area contributed by atoms with Crippen molar-refractivity contribution in [1.29, 1.82) is 5.41 Å². The Morgan fingerprint density at radius 3 is 2.43 bits per heavy atom. The second-order valence-corrected chi connectivity index (χ2v) is 7.35. The molecule has 30 heavy (non-hydrogen) atoms. The number of aromatic hydroxyl groups is 1. The number of rotatable bonds is 7. The lowest BCUT2D eigenvalue weighted by Gasteiger charge is -2.20. The number of allylic oxidation sites excluding steroid dienone is 1. The predicted molar refractivity (Wildman–Crippen MR) is 122 cm³/mol. The van der Waals surface area contributed by atoms with E-state index in [0.29, 0.717) is 18.5 Å². The molecule has 0 saturated carbocycles. The van der Waals surface area contributed by atoms with Crippen LogP contribution in [0, 0.1) is 5.41 Å². The Morgan fingerprint density at radius 2 is 1.77 bits per heavy atom. The number of hydrogen-bond acceptors (Lipinski definition) is 5. The number of phenols is 1. The van der Waals surface area contributed by atoms with E-state index in [0.717, 1.165) is 50.9 Å². The summed E-state index contributed by atoms with van der Waals surface area (Å²) in [4.78, 5) is 15.5. The van der Waals surface area contributed by atoms with Crippen LogP contribution in [0.3, 0.4) is 0 Å². The third-order valence-corrected chi connectivity index (χ3v) is 4.98. The highest BCUT2D eigenvalue weighted by molar-refractivity contribution is 5.81. The largest absolute Gasteiger partial charge is 0.507 e. The van der Waals surface area contributed by atoms with Gasteiger partial charge >= 0.3 is 0 Å². The van der Waals surface area contributed by atoms with Crippen LogP contribution in [0.25, 0.3) is 0 Å². The average molecular weight is 409 g/mol. The molecule has 160 valence electrons. The lowest BCUT2D eigenvalue weighted by atomic mass is 10.1. The number of nitrogens with two attached hydrogens (primary N) is 1. The summed E-state index contributed by atoms with van der Waals surface area (Å²) < 4.78 is 0. The van der Waals surface area contributed by atoms with E-state index >= 15 is 0 Å². The van der Waals surface area contributed by atoms with Crippen LogP contribution in [0.15, 0.2) is 61.2 Å². The molecule has 1 saturated heterocycles. The fraction of sp³-hybridized carbons (Fsp3) is 0.333. The maximum absolute atomic E-state index is 10.9. The summed E-state index contributed by atoms with van der Waals surface area (Å²) in [6, 6.07) is 15.9. The molecule has 0 radical (unpaired) electrons. The Bertz CT molecular complexity index is 823. The number of carbonyl (C=O) groups excluding carboxylic acids is 1. The van der Waals surface area contributed by atoms with Crippen molar-refractivity contribution in [1.82, 2.24) is 9.80 Å². The first-order valence-electron chi connectivity index (χ1n) is 10.2. The quantitative estimate of drug-likeness (QED) is 0.485. The van der Waals surface area contributed by atoms with Gasteiger partial charge in [-0.2, -0.15) is 0 Å². The molecule has 0 bridgehead atoms. The molecule has 4 N–H and O–H groups in total. The van der Waals surface area contributed by atoms with Crippen LogP contribution in [0.1, 0.15) is 23.1 Å². The zero-order valence-electron chi connectivity index (χ0n) is 17.5. The number of hydrogen-bond donors (Lipinski definition) is 3. The van der Waals surface area contributed by atoms with Gasteiger partial charge < -0.3 is 16.2 Å². The second-order valence-electron chi connectivity index (χ2n) is 7.35. The van der Waals surface area contributed by atoms with Crippen molar-refractivity contribution in [3.05, 3.63) is 77.9 Å². The Labute approximate surface area is 179 Å². The number of benzene rings is 2. The molecule has 0 unspecified atom stereocenters. The topological polar surface area (TPSA) is 93.6 Å². The second kappa shape index (κ2) is 12.6. The molecule has 6 nitrogen and oxygen atoms in total. The SMILES string of the molecule is C=CCc1cccc(C=N)c1O.NC(=O)CN1CCCN(Cc2ccccc2)CC1. The van der Waals surface area contributed by atoms with Crippen molar-refractivity contribution in [3.8, 4) is 5.75 Å². The Morgan fingerprint density at radius 1 is 1.07 bits per heavy atom. The van der Waals surface area contributed by atoms with Gasteiger partial charge in [0.1, 0.15) is 5.75 Å². The van der Waals surface area contributed by atoms with Crippen LogP contribution in [0.2, 0.25) is 0 Å². The van der Waals surface area contributed by atoms with Crippen molar-refractivity contribution in [2.24, 2.45) is 5.73 Å². The van der Waals surface area contributed by atoms with Gasteiger partial charge in [-0.1, -0.05) is 48.5 Å². The van der Waals surface area contributed by atoms with Gasteiger partial charge in [-0.15, -0.1) is 6.58 Å². The van der Waals surface area contributed by atoms with E-state index in [1.807, 2.05) is 18.2 Å². The summed E-state index contributed by atoms with van der Waals surface area (Å²) >= 11 is 0. The molecule has 2 aromatic rings. The van der Waals surface area contributed by atoms with Crippen LogP contribution in [0.5, 0.6) is 5.75 Å². The van der Waals surface area contributed by atoms with Gasteiger partial charge in [-0.3, -0.25) is 14.6 Å². The molecule has 1 amide bonds. The molecule has 0 atom stereocenters. The monoisotopic (exact) mass is 408 g/mol. The van der Waals surface area contributed by atoms with Crippen LogP contribution >= 0.6 is 0 Å². The summed E-state index contributed by atoms with van der Waals surface area (Å²) in [5.41, 5.74) is 7.95. The van der Waals surface area contributed by atoms with Crippen LogP contribution in [-0.4, -0.2) is 59.8 Å². The highest BCUT2D eigenvalue weighted by Gasteiger charge is 2.15. The maximum Gasteiger partial charge on any atom is 0.231 e. The molecule has 0 aromatic heterocycles. The summed E-state index contributed by atoms with van der Waals surface area (Å²) in [5.74, 6) is -0.0427. The Balaban J connectivity index is 0.000000232. The van der Waals surface area contributed by atoms with Gasteiger partial charge in [0.25, 0.3) is 0 Å². The number of carbonyl (C=O) groups is 1. The fourth-order valence-electron chi connectivity index (χ4n) is 3.45. The summed E-state index contributed by atoms with van der Waals surface area (Å²) in [6.07, 6.45) is 4.60. The van der Waals surface area contributed by atoms with Crippen molar-refractivity contribution >= 4 is 12.1 Å². The molecule has 0 spiro atoms. The van der Waals surface area contributed by atoms with Crippen molar-refractivity contribution in [3.63, 3.8) is 0 Å². The predicted octanol–water partition coefficient (Wildman–Crippen LogP) is 2.80. The lowest BCUT2D eigenvalue weighted by molar-refractivity contribution is -0.119. The van der Waals surface area contributed by atoms with Gasteiger partial charge in [-0.25, -0.2) is 0 Å². The standard InChI is InChI=1S/C14H21N3O.C10H11NO/c15-14(18)12-17-8-4-7-16(9-10-17)11-13-5-2-1-3-6-13;1-2-4-8-5-3-6-9(7-11)10(8)12/h1-3,5-6H,4,7-12H2,(H2,15,18);2-3,5-7,11-12H,1,4H2. The smallest absolute Gasteiger partial charge is 0.231 e. The molecular formula is C24H32N4O2. The third-order valence-electron chi connectivity index (χ3n) is 4.98. The van der Waals surface area contributed by atoms with Gasteiger partial charge in [0.2, 0.25) is 5.91 Å². The first-order valence-corrected chi connectivity index (χ1v) is 10.2. The zero-order valence-corrected chi connectivity index (χ0v) is 17.5. The molecule has 3 rings (SSSR count). The summed E-state index contributed by atoms with van der Waals surface area (Å²) in [5, 5.41) is 16.5. The first-order chi connectivity index (χ1) is 14.5. The molecule has 1 fully saturated rings. The zero-order chi connectivity index (χ0) is 21.8. The first kappa shape index (κ1) is 23.3. The minimum Gasteiger partial charge on any atom is -0.507 e. The highest BCUT2D eigenvalue weighted by Crippen LogP contribution is 2.21. The van der Waals surface area contributed by atoms with Gasteiger partial charge in [0.15, 0.2) is 0 Å². The van der Waals surface area contributed by atoms with Gasteiger partial charge in [0.05, 0.1) is 6.54 Å². The highest BCUT2D eigenvalue weighted by atomic mass is 16.3. The maximum atomic E-state index is 10.9. The van der Waals surface area contributed by atoms with Gasteiger partial charge in [-0.05, 0) is 43.1 Å². The van der Waals surface area contributed by atoms with E-state index < -0.39 is 0 Å². The normalized spacial score (nSPS) is 14.8. The molecule has 2 aromatic carbocycles. The van der Waals surface area contributed by atoms with Crippen molar-refractivity contribution < 1.29 is 9.90 Å². The van der Waals surface area contributed by atoms with E-state index in [-0.39, 0.29) is 11.7 Å². The van der Waals surface area contributed by atoms with Crippen LogP contribution < -0.4 is 5.73 Å². The number of nitrogens with one attached hydrogen (secondary N) is 1. The number of amides is 1. The van der Waals surface area contributed by atoms with E-state index in [1.165, 1.54) is 5.56 Å². The molecule has 1 heterocycles. The molecule has 6 heteroatoms. The number of phenolic OH excluding ortho intramolecular Hbond substituents is 1. The Hall–Kier alpha value is -2.96. The number of para-hydroxylation sites is 1. The Kier molecular flexibility index (Phi) is 9.77. The van der Waals surface area contributed by atoms with Crippen molar-refractivity contribution in [2.45, 2.75) is 19.4 Å². The summed E-state index contributed by atoms with van der Waals surface area (Å²) in [7, 11) is 0. The minimum absolute atomic E-state index is 0.187. The number of primary amides is 1. The third kappa shape index (κ3) is 7.81. The van der Waals surface area contributed by atoms with E-state index in [1.54, 1.807) is 12.1 Å². The van der Waals surface area contributed by atoms with Gasteiger partial charge in [0, 0.05) is 31.4 Å². The van der Waals surface area contributed by atoms with E-state index in [4.69, 9.17) is 11.1 Å². The number of nitrogens with zero attached hydrogens (tertiary/aromatic N) is 2. The van der Waals surface area contributed by atoms with Crippen LogP contribution in [0.4, 0.5) is 0 Å². The fourth-order valence-corrected chi connectivity index (χ4v) is 3.45. The van der Waals surface area contributed by atoms with E-state index in [9.17, 15) is 9.90 Å². The van der Waals surface area contributed by atoms with E-state index in [2.05, 4.69) is 40.6 Å². The molecular weight excluding hydrogens is 376 g/mol. The average Bonchev–Trinajstić information content (AvgIpc) is 2.95.